The Hall–Kier alpha value is -1.84. The van der Waals surface area contributed by atoms with Crippen LogP contribution in [0.2, 0.25) is 0 Å². The molecule has 0 saturated carbocycles. The quantitative estimate of drug-likeness (QED) is 0.662. The van der Waals surface area contributed by atoms with Gasteiger partial charge >= 0.3 is 11.9 Å². The molecule has 1 aromatic carbocycles. The van der Waals surface area contributed by atoms with E-state index < -0.39 is 17.4 Å². The molecule has 1 atom stereocenters. The van der Waals surface area contributed by atoms with Crippen molar-refractivity contribution in [3.63, 3.8) is 0 Å². The van der Waals surface area contributed by atoms with Crippen molar-refractivity contribution in [1.82, 2.24) is 0 Å². The number of ether oxygens (including phenoxy) is 1. The van der Waals surface area contributed by atoms with E-state index >= 15 is 0 Å². The fraction of sp³-hybridized carbons (Fsp3) is 0.500. The molecule has 2 rings (SSSR count). The van der Waals surface area contributed by atoms with Gasteiger partial charge < -0.3 is 9.84 Å². The van der Waals surface area contributed by atoms with Gasteiger partial charge in [-0.15, -0.1) is 0 Å². The summed E-state index contributed by atoms with van der Waals surface area (Å²) >= 11 is 0. The normalized spacial score (nSPS) is 16.3. The molecule has 0 aliphatic heterocycles. The van der Waals surface area contributed by atoms with E-state index in [2.05, 4.69) is 0 Å². The molecule has 1 N–H and O–H groups in total. The summed E-state index contributed by atoms with van der Waals surface area (Å²) in [6.45, 7) is 3.29. The van der Waals surface area contributed by atoms with Crippen LogP contribution in [-0.2, 0) is 33.6 Å². The van der Waals surface area contributed by atoms with Crippen molar-refractivity contribution in [2.75, 3.05) is 6.61 Å². The number of carboxylic acids is 1. The predicted octanol–water partition coefficient (Wildman–Crippen LogP) is 2.37. The second kappa shape index (κ2) is 5.65. The van der Waals surface area contributed by atoms with Crippen molar-refractivity contribution in [2.45, 2.75) is 39.5 Å². The Labute approximate surface area is 118 Å². The minimum Gasteiger partial charge on any atom is -0.480 e. The Morgan fingerprint density at radius 3 is 2.65 bits per heavy atom. The van der Waals surface area contributed by atoms with Crippen LogP contribution in [0.3, 0.4) is 0 Å². The van der Waals surface area contributed by atoms with Crippen LogP contribution in [0.25, 0.3) is 0 Å². The average molecular weight is 276 g/mol. The zero-order chi connectivity index (χ0) is 14.8. The van der Waals surface area contributed by atoms with E-state index in [0.29, 0.717) is 0 Å². The van der Waals surface area contributed by atoms with E-state index in [9.17, 15) is 14.7 Å². The molecule has 1 aromatic rings. The minimum atomic E-state index is -1.52. The number of benzene rings is 1. The molecule has 0 heterocycles. The highest BCUT2D eigenvalue weighted by Crippen LogP contribution is 2.29. The summed E-state index contributed by atoms with van der Waals surface area (Å²) in [4.78, 5) is 23.4. The van der Waals surface area contributed by atoms with Gasteiger partial charge in [0.25, 0.3) is 0 Å². The molecule has 0 aromatic heterocycles. The van der Waals surface area contributed by atoms with E-state index in [1.807, 2.05) is 18.2 Å². The molecular formula is C16H20O4. The third-order valence-corrected chi connectivity index (χ3v) is 3.92. The monoisotopic (exact) mass is 276 g/mol. The summed E-state index contributed by atoms with van der Waals surface area (Å²) in [6.07, 6.45) is 3.43. The van der Waals surface area contributed by atoms with Gasteiger partial charge in [-0.1, -0.05) is 18.2 Å². The first kappa shape index (κ1) is 14.6. The molecule has 4 nitrogen and oxygen atoms in total. The van der Waals surface area contributed by atoms with Gasteiger partial charge in [-0.3, -0.25) is 9.59 Å². The highest BCUT2D eigenvalue weighted by molar-refractivity contribution is 5.99. The zero-order valence-corrected chi connectivity index (χ0v) is 11.9. The van der Waals surface area contributed by atoms with Gasteiger partial charge in [-0.25, -0.2) is 0 Å². The lowest BCUT2D eigenvalue weighted by Gasteiger charge is -2.22. The van der Waals surface area contributed by atoms with Crippen molar-refractivity contribution in [2.24, 2.45) is 5.41 Å². The zero-order valence-electron chi connectivity index (χ0n) is 11.9. The molecule has 108 valence electrons. The molecule has 0 fully saturated rings. The number of fused-ring (bicyclic) bond motifs is 1. The number of hydrogen-bond acceptors (Lipinski definition) is 3. The van der Waals surface area contributed by atoms with Crippen LogP contribution in [0.15, 0.2) is 18.2 Å². The Kier molecular flexibility index (Phi) is 4.12. The Bertz CT molecular complexity index is 535. The van der Waals surface area contributed by atoms with Crippen LogP contribution in [-0.4, -0.2) is 23.7 Å². The van der Waals surface area contributed by atoms with Crippen LogP contribution in [0.1, 0.15) is 37.0 Å². The maximum atomic E-state index is 11.9. The van der Waals surface area contributed by atoms with Gasteiger partial charge in [0.05, 0.1) is 6.61 Å². The van der Waals surface area contributed by atoms with Gasteiger partial charge in [-0.2, -0.15) is 0 Å². The first-order valence-electron chi connectivity index (χ1n) is 6.98. The predicted molar refractivity (Wildman–Crippen MR) is 74.5 cm³/mol. The summed E-state index contributed by atoms with van der Waals surface area (Å²) in [7, 11) is 0. The number of esters is 1. The smallest absolute Gasteiger partial charge is 0.323 e. The van der Waals surface area contributed by atoms with Gasteiger partial charge in [0, 0.05) is 0 Å². The second-order valence-corrected chi connectivity index (χ2v) is 5.49. The standard InChI is InChI=1S/C16H20O4/c1-3-20-15(19)16(2,14(17)18)10-11-7-8-12-5-4-6-13(12)9-11/h7-9H,3-6,10H2,1-2H3,(H,17,18). The Morgan fingerprint density at radius 1 is 1.30 bits per heavy atom. The van der Waals surface area contributed by atoms with E-state index in [1.54, 1.807) is 6.92 Å². The first-order valence-corrected chi connectivity index (χ1v) is 6.98. The van der Waals surface area contributed by atoms with Crippen molar-refractivity contribution >= 4 is 11.9 Å². The summed E-state index contributed by atoms with van der Waals surface area (Å²) in [5.41, 5.74) is 1.97. The van der Waals surface area contributed by atoms with E-state index in [0.717, 1.165) is 24.8 Å². The number of hydrogen-bond donors (Lipinski definition) is 1. The first-order chi connectivity index (χ1) is 9.47. The fourth-order valence-electron chi connectivity index (χ4n) is 2.67. The molecule has 4 heteroatoms. The molecule has 1 aliphatic carbocycles. The van der Waals surface area contributed by atoms with E-state index in [-0.39, 0.29) is 13.0 Å². The highest BCUT2D eigenvalue weighted by atomic mass is 16.5. The van der Waals surface area contributed by atoms with Crippen LogP contribution >= 0.6 is 0 Å². The largest absolute Gasteiger partial charge is 0.480 e. The third-order valence-electron chi connectivity index (χ3n) is 3.92. The minimum absolute atomic E-state index is 0.161. The summed E-state index contributed by atoms with van der Waals surface area (Å²) < 4.78 is 4.91. The van der Waals surface area contributed by atoms with Crippen LogP contribution < -0.4 is 0 Å². The van der Waals surface area contributed by atoms with E-state index in [4.69, 9.17) is 4.74 Å². The second-order valence-electron chi connectivity index (χ2n) is 5.49. The van der Waals surface area contributed by atoms with Gasteiger partial charge in [0.2, 0.25) is 0 Å². The summed E-state index contributed by atoms with van der Waals surface area (Å²) in [6, 6.07) is 6.00. The van der Waals surface area contributed by atoms with Crippen LogP contribution in [0.5, 0.6) is 0 Å². The lowest BCUT2D eigenvalue weighted by molar-refractivity contribution is -0.167. The SMILES string of the molecule is CCOC(=O)C(C)(Cc1ccc2c(c1)CCC2)C(=O)O. The molecule has 1 aliphatic rings. The topological polar surface area (TPSA) is 63.6 Å². The number of carbonyl (C=O) groups is 2. The molecular weight excluding hydrogens is 256 g/mol. The Morgan fingerprint density at radius 2 is 2.00 bits per heavy atom. The molecule has 0 radical (unpaired) electrons. The lowest BCUT2D eigenvalue weighted by atomic mass is 9.83. The van der Waals surface area contributed by atoms with Crippen molar-refractivity contribution in [1.29, 1.82) is 0 Å². The maximum Gasteiger partial charge on any atom is 0.323 e. The van der Waals surface area contributed by atoms with Gasteiger partial charge in [-0.05, 0) is 56.2 Å². The molecule has 0 amide bonds. The molecule has 20 heavy (non-hydrogen) atoms. The maximum absolute atomic E-state index is 11.9. The third kappa shape index (κ3) is 2.69. The molecule has 1 unspecified atom stereocenters. The van der Waals surface area contributed by atoms with Gasteiger partial charge in [0.15, 0.2) is 5.41 Å². The average Bonchev–Trinajstić information content (AvgIpc) is 2.86. The molecule has 0 saturated heterocycles. The number of aryl methyl sites for hydroxylation is 2. The Balaban J connectivity index is 2.24. The number of carboxylic acid groups (broad SMARTS) is 1. The van der Waals surface area contributed by atoms with Crippen molar-refractivity contribution < 1.29 is 19.4 Å². The summed E-state index contributed by atoms with van der Waals surface area (Å²) in [5.74, 6) is -1.82. The molecule has 0 bridgehead atoms. The van der Waals surface area contributed by atoms with Crippen molar-refractivity contribution in [3.8, 4) is 0 Å². The summed E-state index contributed by atoms with van der Waals surface area (Å²) in [5, 5.41) is 9.38. The van der Waals surface area contributed by atoms with Crippen LogP contribution in [0.4, 0.5) is 0 Å². The van der Waals surface area contributed by atoms with Gasteiger partial charge in [0.1, 0.15) is 0 Å². The van der Waals surface area contributed by atoms with E-state index in [1.165, 1.54) is 18.1 Å². The lowest BCUT2D eigenvalue weighted by Crippen LogP contribution is -2.40. The highest BCUT2D eigenvalue weighted by Gasteiger charge is 2.43. The number of rotatable bonds is 5. The molecule has 0 spiro atoms. The van der Waals surface area contributed by atoms with Crippen LogP contribution in [0, 0.1) is 5.41 Å². The number of aliphatic carboxylic acids is 1. The van der Waals surface area contributed by atoms with Crippen molar-refractivity contribution in [3.05, 3.63) is 34.9 Å². The fourth-order valence-corrected chi connectivity index (χ4v) is 2.67. The number of carbonyl (C=O) groups excluding carboxylic acids is 1.